The summed E-state index contributed by atoms with van der Waals surface area (Å²) in [6.45, 7) is 2.61. The van der Waals surface area contributed by atoms with E-state index in [2.05, 4.69) is 23.5 Å². The first-order valence-corrected chi connectivity index (χ1v) is 6.53. The van der Waals surface area contributed by atoms with Crippen molar-refractivity contribution >= 4 is 5.69 Å². The Kier molecular flexibility index (Phi) is 3.18. The third-order valence-corrected chi connectivity index (χ3v) is 3.50. The van der Waals surface area contributed by atoms with E-state index in [9.17, 15) is 0 Å². The lowest BCUT2D eigenvalue weighted by Gasteiger charge is -2.22. The van der Waals surface area contributed by atoms with Gasteiger partial charge in [0.15, 0.2) is 0 Å². The van der Waals surface area contributed by atoms with Gasteiger partial charge in [-0.2, -0.15) is 0 Å². The van der Waals surface area contributed by atoms with Gasteiger partial charge in [-0.15, -0.1) is 0 Å². The van der Waals surface area contributed by atoms with Crippen LogP contribution in [-0.2, 0) is 11.2 Å². The Morgan fingerprint density at radius 2 is 2.35 bits per heavy atom. The monoisotopic (exact) mass is 233 g/mol. The molecule has 1 aromatic rings. The van der Waals surface area contributed by atoms with Crippen molar-refractivity contribution in [2.75, 3.05) is 25.1 Å². The number of nitrogens with one attached hydrogen (secondary N) is 1. The van der Waals surface area contributed by atoms with E-state index in [0.717, 1.165) is 31.7 Å². The van der Waals surface area contributed by atoms with E-state index < -0.39 is 0 Å². The van der Waals surface area contributed by atoms with Gasteiger partial charge < -0.3 is 14.8 Å². The maximum atomic E-state index is 5.81. The van der Waals surface area contributed by atoms with Gasteiger partial charge in [0.05, 0.1) is 6.10 Å². The number of ether oxygens (including phenoxy) is 2. The number of anilines is 1. The summed E-state index contributed by atoms with van der Waals surface area (Å²) in [7, 11) is 0. The van der Waals surface area contributed by atoms with Crippen molar-refractivity contribution < 1.29 is 9.47 Å². The van der Waals surface area contributed by atoms with Crippen LogP contribution in [0.25, 0.3) is 0 Å². The number of rotatable bonds is 3. The van der Waals surface area contributed by atoms with Crippen molar-refractivity contribution in [3.05, 3.63) is 23.8 Å². The molecule has 1 N–H and O–H groups in total. The summed E-state index contributed by atoms with van der Waals surface area (Å²) < 4.78 is 11.5. The van der Waals surface area contributed by atoms with Crippen LogP contribution >= 0.6 is 0 Å². The standard InChI is InChI=1S/C14H19NO2/c1-2-8-16-13(3-1)10-17-12-5-4-11-6-7-15-14(11)9-12/h4-5,9,13,15H,1-3,6-8,10H2. The molecule has 0 saturated carbocycles. The predicted molar refractivity (Wildman–Crippen MR) is 67.7 cm³/mol. The van der Waals surface area contributed by atoms with Gasteiger partial charge in [-0.05, 0) is 37.3 Å². The normalized spacial score (nSPS) is 22.9. The van der Waals surface area contributed by atoms with E-state index in [4.69, 9.17) is 9.47 Å². The fourth-order valence-electron chi connectivity index (χ4n) is 2.49. The molecule has 1 fully saturated rings. The topological polar surface area (TPSA) is 30.5 Å². The van der Waals surface area contributed by atoms with Crippen LogP contribution in [0.2, 0.25) is 0 Å². The Hall–Kier alpha value is -1.22. The average molecular weight is 233 g/mol. The summed E-state index contributed by atoms with van der Waals surface area (Å²) in [6.07, 6.45) is 4.99. The Labute approximate surface area is 102 Å². The molecule has 1 atom stereocenters. The maximum Gasteiger partial charge on any atom is 0.121 e. The summed E-state index contributed by atoms with van der Waals surface area (Å²) in [5.41, 5.74) is 2.62. The molecule has 0 bridgehead atoms. The van der Waals surface area contributed by atoms with Gasteiger partial charge in [-0.1, -0.05) is 6.07 Å². The van der Waals surface area contributed by atoms with Crippen molar-refractivity contribution in [3.8, 4) is 5.75 Å². The Morgan fingerprint density at radius 1 is 1.35 bits per heavy atom. The minimum Gasteiger partial charge on any atom is -0.491 e. The Bertz CT molecular complexity index is 386. The minimum absolute atomic E-state index is 0.282. The zero-order valence-corrected chi connectivity index (χ0v) is 10.1. The van der Waals surface area contributed by atoms with Gasteiger partial charge in [-0.25, -0.2) is 0 Å². The number of hydrogen-bond donors (Lipinski definition) is 1. The highest BCUT2D eigenvalue weighted by Crippen LogP contribution is 2.27. The molecule has 2 aliphatic rings. The predicted octanol–water partition coefficient (Wildman–Crippen LogP) is 2.60. The number of hydrogen-bond acceptors (Lipinski definition) is 3. The van der Waals surface area contributed by atoms with Crippen LogP contribution in [0, 0.1) is 0 Å². The Morgan fingerprint density at radius 3 is 3.24 bits per heavy atom. The number of benzene rings is 1. The first-order valence-electron chi connectivity index (χ1n) is 6.53. The highest BCUT2D eigenvalue weighted by Gasteiger charge is 2.15. The van der Waals surface area contributed by atoms with Gasteiger partial charge in [0, 0.05) is 24.9 Å². The quantitative estimate of drug-likeness (QED) is 0.870. The first-order chi connectivity index (χ1) is 8.42. The van der Waals surface area contributed by atoms with Gasteiger partial charge >= 0.3 is 0 Å². The molecule has 3 heteroatoms. The minimum atomic E-state index is 0.282. The van der Waals surface area contributed by atoms with Crippen molar-refractivity contribution in [2.24, 2.45) is 0 Å². The van der Waals surface area contributed by atoms with Crippen LogP contribution in [-0.4, -0.2) is 25.9 Å². The molecular formula is C14H19NO2. The zero-order chi connectivity index (χ0) is 11.5. The van der Waals surface area contributed by atoms with Crippen molar-refractivity contribution in [1.29, 1.82) is 0 Å². The molecule has 2 aliphatic heterocycles. The molecule has 1 aromatic carbocycles. The van der Waals surface area contributed by atoms with Crippen molar-refractivity contribution in [1.82, 2.24) is 0 Å². The highest BCUT2D eigenvalue weighted by molar-refractivity contribution is 5.58. The van der Waals surface area contributed by atoms with E-state index in [0.29, 0.717) is 6.61 Å². The zero-order valence-electron chi connectivity index (χ0n) is 10.1. The largest absolute Gasteiger partial charge is 0.491 e. The lowest BCUT2D eigenvalue weighted by Crippen LogP contribution is -2.25. The van der Waals surface area contributed by atoms with Crippen LogP contribution in [0.1, 0.15) is 24.8 Å². The summed E-state index contributed by atoms with van der Waals surface area (Å²) in [5, 5.41) is 3.37. The van der Waals surface area contributed by atoms with Gasteiger partial charge in [-0.3, -0.25) is 0 Å². The third-order valence-electron chi connectivity index (χ3n) is 3.50. The van der Waals surface area contributed by atoms with Crippen LogP contribution < -0.4 is 10.1 Å². The second-order valence-electron chi connectivity index (χ2n) is 4.80. The molecule has 0 aliphatic carbocycles. The fraction of sp³-hybridized carbons (Fsp3) is 0.571. The van der Waals surface area contributed by atoms with Crippen molar-refractivity contribution in [3.63, 3.8) is 0 Å². The van der Waals surface area contributed by atoms with Crippen LogP contribution in [0.4, 0.5) is 5.69 Å². The van der Waals surface area contributed by atoms with Gasteiger partial charge in [0.25, 0.3) is 0 Å². The summed E-state index contributed by atoms with van der Waals surface area (Å²) >= 11 is 0. The molecule has 3 nitrogen and oxygen atoms in total. The molecule has 1 saturated heterocycles. The SMILES string of the molecule is c1cc2c(cc1OCC1CCCCO1)NCC2. The lowest BCUT2D eigenvalue weighted by atomic mass is 10.1. The summed E-state index contributed by atoms with van der Waals surface area (Å²) in [5.74, 6) is 0.951. The van der Waals surface area contributed by atoms with Crippen LogP contribution in [0.5, 0.6) is 5.75 Å². The van der Waals surface area contributed by atoms with Crippen LogP contribution in [0.3, 0.4) is 0 Å². The molecule has 0 spiro atoms. The molecule has 1 unspecified atom stereocenters. The fourth-order valence-corrected chi connectivity index (χ4v) is 2.49. The van der Waals surface area contributed by atoms with E-state index in [1.165, 1.54) is 24.1 Å². The molecular weight excluding hydrogens is 214 g/mol. The second-order valence-corrected chi connectivity index (χ2v) is 4.80. The van der Waals surface area contributed by atoms with E-state index >= 15 is 0 Å². The molecule has 92 valence electrons. The first kappa shape index (κ1) is 10.9. The molecule has 0 amide bonds. The van der Waals surface area contributed by atoms with E-state index in [1.54, 1.807) is 0 Å². The Balaban J connectivity index is 1.57. The summed E-state index contributed by atoms with van der Waals surface area (Å²) in [4.78, 5) is 0. The van der Waals surface area contributed by atoms with E-state index in [1.807, 2.05) is 0 Å². The maximum absolute atomic E-state index is 5.81. The van der Waals surface area contributed by atoms with Gasteiger partial charge in [0.2, 0.25) is 0 Å². The lowest BCUT2D eigenvalue weighted by molar-refractivity contribution is -0.0110. The average Bonchev–Trinajstić information content (AvgIpc) is 2.85. The second kappa shape index (κ2) is 4.96. The smallest absolute Gasteiger partial charge is 0.121 e. The number of fused-ring (bicyclic) bond motifs is 1. The van der Waals surface area contributed by atoms with Gasteiger partial charge in [0.1, 0.15) is 12.4 Å². The molecule has 0 radical (unpaired) electrons. The third kappa shape index (κ3) is 2.55. The van der Waals surface area contributed by atoms with E-state index in [-0.39, 0.29) is 6.10 Å². The highest BCUT2D eigenvalue weighted by atomic mass is 16.5. The van der Waals surface area contributed by atoms with Crippen molar-refractivity contribution in [2.45, 2.75) is 31.8 Å². The molecule has 0 aromatic heterocycles. The molecule has 17 heavy (non-hydrogen) atoms. The summed E-state index contributed by atoms with van der Waals surface area (Å²) in [6, 6.07) is 6.33. The molecule has 2 heterocycles. The molecule has 3 rings (SSSR count). The van der Waals surface area contributed by atoms with Crippen LogP contribution in [0.15, 0.2) is 18.2 Å².